The molecule has 2 heteroatoms. The van der Waals surface area contributed by atoms with Crippen molar-refractivity contribution in [1.29, 1.82) is 0 Å². The summed E-state index contributed by atoms with van der Waals surface area (Å²) in [5.41, 5.74) is 2.06. The molecule has 0 aliphatic carbocycles. The van der Waals surface area contributed by atoms with Gasteiger partial charge in [0.05, 0.1) is 0 Å². The number of hydrogen-bond donors (Lipinski definition) is 0. The molecule has 0 N–H and O–H groups in total. The van der Waals surface area contributed by atoms with Crippen molar-refractivity contribution in [1.82, 2.24) is 0 Å². The number of benzene rings is 2. The van der Waals surface area contributed by atoms with E-state index in [4.69, 9.17) is 12.6 Å². The third-order valence-corrected chi connectivity index (χ3v) is 2.30. The van der Waals surface area contributed by atoms with Crippen molar-refractivity contribution >= 4 is 12.6 Å². The van der Waals surface area contributed by atoms with Crippen molar-refractivity contribution < 1.29 is 4.39 Å². The predicted octanol–water partition coefficient (Wildman–Crippen LogP) is 3.40. The Morgan fingerprint density at radius 2 is 1.14 bits per heavy atom. The van der Waals surface area contributed by atoms with Gasteiger partial charge in [-0.25, -0.2) is 4.39 Å². The van der Waals surface area contributed by atoms with Gasteiger partial charge in [-0.05, 0) is 23.3 Å². The summed E-state index contributed by atoms with van der Waals surface area (Å²) in [4.78, 5) is 0.816. The highest BCUT2D eigenvalue weighted by Crippen LogP contribution is 2.19. The Labute approximate surface area is 87.8 Å². The molecule has 0 saturated carbocycles. The van der Waals surface area contributed by atoms with Gasteiger partial charge in [-0.2, -0.15) is 4.90 Å². The molecule has 0 bridgehead atoms. The lowest BCUT2D eigenvalue weighted by Crippen LogP contribution is -1.79. The van der Waals surface area contributed by atoms with Crippen LogP contribution in [0.25, 0.3) is 11.1 Å². The standard InChI is InChI=1S/C12H9FS/c13-11-5-1-9(2-6-11)10-3-7-12(14)8-4-10/h1-8,14H/p-1. The fourth-order valence-electron chi connectivity index (χ4n) is 1.29. The molecule has 70 valence electrons. The number of rotatable bonds is 1. The van der Waals surface area contributed by atoms with E-state index < -0.39 is 0 Å². The van der Waals surface area contributed by atoms with E-state index in [1.807, 2.05) is 24.3 Å². The Bertz CT molecular complexity index is 374. The highest BCUT2D eigenvalue weighted by atomic mass is 32.1. The van der Waals surface area contributed by atoms with Gasteiger partial charge in [0.1, 0.15) is 5.82 Å². The monoisotopic (exact) mass is 203 g/mol. The molecule has 0 fully saturated rings. The second kappa shape index (κ2) is 3.76. The van der Waals surface area contributed by atoms with Crippen LogP contribution < -0.4 is 0 Å². The normalized spacial score (nSPS) is 10.1. The molecule has 2 aromatic rings. The van der Waals surface area contributed by atoms with Crippen LogP contribution in [-0.4, -0.2) is 0 Å². The van der Waals surface area contributed by atoms with E-state index in [1.165, 1.54) is 12.1 Å². The molecular formula is C12H8FS-. The highest BCUT2D eigenvalue weighted by Gasteiger charge is 1.95. The average molecular weight is 203 g/mol. The minimum Gasteiger partial charge on any atom is -0.780 e. The number of hydrogen-bond acceptors (Lipinski definition) is 1. The first kappa shape index (κ1) is 9.16. The lowest BCUT2D eigenvalue weighted by molar-refractivity contribution is 0.628. The van der Waals surface area contributed by atoms with E-state index in [0.29, 0.717) is 0 Å². The summed E-state index contributed by atoms with van der Waals surface area (Å²) in [6.45, 7) is 0. The van der Waals surface area contributed by atoms with Gasteiger partial charge in [0.25, 0.3) is 0 Å². The van der Waals surface area contributed by atoms with Crippen molar-refractivity contribution in [3.63, 3.8) is 0 Å². The third-order valence-electron chi connectivity index (χ3n) is 2.03. The van der Waals surface area contributed by atoms with Gasteiger partial charge in [0.2, 0.25) is 0 Å². The van der Waals surface area contributed by atoms with Crippen LogP contribution in [0.2, 0.25) is 0 Å². The summed E-state index contributed by atoms with van der Waals surface area (Å²) in [6.07, 6.45) is 0. The van der Waals surface area contributed by atoms with Crippen molar-refractivity contribution in [2.75, 3.05) is 0 Å². The summed E-state index contributed by atoms with van der Waals surface area (Å²) in [5, 5.41) is 0. The van der Waals surface area contributed by atoms with Crippen LogP contribution in [0.3, 0.4) is 0 Å². The molecule has 0 unspecified atom stereocenters. The molecule has 0 aliphatic rings. The van der Waals surface area contributed by atoms with Gasteiger partial charge >= 0.3 is 0 Å². The molecular weight excluding hydrogens is 195 g/mol. The molecule has 2 rings (SSSR count). The summed E-state index contributed by atoms with van der Waals surface area (Å²) in [6, 6.07) is 14.0. The fourth-order valence-corrected chi connectivity index (χ4v) is 1.43. The first-order chi connectivity index (χ1) is 6.75. The smallest absolute Gasteiger partial charge is 0.123 e. The van der Waals surface area contributed by atoms with Crippen molar-refractivity contribution in [3.8, 4) is 11.1 Å². The van der Waals surface area contributed by atoms with E-state index in [-0.39, 0.29) is 5.82 Å². The first-order valence-electron chi connectivity index (χ1n) is 4.29. The molecule has 0 radical (unpaired) electrons. The molecule has 0 atom stereocenters. The van der Waals surface area contributed by atoms with Gasteiger partial charge in [0.15, 0.2) is 0 Å². The maximum absolute atomic E-state index is 12.6. The van der Waals surface area contributed by atoms with Crippen LogP contribution in [0.4, 0.5) is 4.39 Å². The summed E-state index contributed by atoms with van der Waals surface area (Å²) >= 11 is 4.98. The Morgan fingerprint density at radius 3 is 1.64 bits per heavy atom. The van der Waals surface area contributed by atoms with E-state index in [1.54, 1.807) is 12.1 Å². The second-order valence-corrected chi connectivity index (χ2v) is 3.50. The quantitative estimate of drug-likeness (QED) is 0.640. The predicted molar refractivity (Wildman–Crippen MR) is 57.5 cm³/mol. The molecule has 0 nitrogen and oxygen atoms in total. The first-order valence-corrected chi connectivity index (χ1v) is 4.69. The van der Waals surface area contributed by atoms with Gasteiger partial charge in [-0.1, -0.05) is 36.4 Å². The summed E-state index contributed by atoms with van der Waals surface area (Å²) in [7, 11) is 0. The van der Waals surface area contributed by atoms with E-state index >= 15 is 0 Å². The van der Waals surface area contributed by atoms with E-state index in [2.05, 4.69) is 0 Å². The maximum atomic E-state index is 12.6. The molecule has 0 amide bonds. The molecule has 0 aromatic heterocycles. The minimum atomic E-state index is -0.214. The van der Waals surface area contributed by atoms with E-state index in [0.717, 1.165) is 16.0 Å². The molecule has 0 aliphatic heterocycles. The zero-order chi connectivity index (χ0) is 9.97. The second-order valence-electron chi connectivity index (χ2n) is 3.03. The Kier molecular flexibility index (Phi) is 2.46. The fraction of sp³-hybridized carbons (Fsp3) is 0. The topological polar surface area (TPSA) is 0 Å². The van der Waals surface area contributed by atoms with Gasteiger partial charge in [0, 0.05) is 0 Å². The van der Waals surface area contributed by atoms with Crippen molar-refractivity contribution in [2.45, 2.75) is 4.90 Å². The van der Waals surface area contributed by atoms with Crippen LogP contribution in [-0.2, 0) is 12.6 Å². The minimum absolute atomic E-state index is 0.214. The molecule has 0 spiro atoms. The third kappa shape index (κ3) is 1.91. The van der Waals surface area contributed by atoms with Gasteiger partial charge in [-0.15, -0.1) is 0 Å². The largest absolute Gasteiger partial charge is 0.780 e. The number of halogens is 1. The highest BCUT2D eigenvalue weighted by molar-refractivity contribution is 7.58. The SMILES string of the molecule is Fc1ccc(-c2ccc([S-])cc2)cc1. The van der Waals surface area contributed by atoms with Crippen LogP contribution in [0, 0.1) is 5.82 Å². The van der Waals surface area contributed by atoms with Gasteiger partial charge in [-0.3, -0.25) is 0 Å². The zero-order valence-electron chi connectivity index (χ0n) is 7.41. The lowest BCUT2D eigenvalue weighted by atomic mass is 10.1. The van der Waals surface area contributed by atoms with Crippen LogP contribution in [0.5, 0.6) is 0 Å². The Balaban J connectivity index is 2.40. The lowest BCUT2D eigenvalue weighted by Gasteiger charge is -2.06. The average Bonchev–Trinajstić information content (AvgIpc) is 2.21. The van der Waals surface area contributed by atoms with Crippen molar-refractivity contribution in [2.24, 2.45) is 0 Å². The molecule has 2 aromatic carbocycles. The maximum Gasteiger partial charge on any atom is 0.123 e. The zero-order valence-corrected chi connectivity index (χ0v) is 8.22. The van der Waals surface area contributed by atoms with Gasteiger partial charge < -0.3 is 12.6 Å². The molecule has 0 heterocycles. The van der Waals surface area contributed by atoms with E-state index in [9.17, 15) is 4.39 Å². The summed E-state index contributed by atoms with van der Waals surface area (Å²) in [5.74, 6) is -0.214. The molecule has 0 saturated heterocycles. The Morgan fingerprint density at radius 1 is 0.714 bits per heavy atom. The van der Waals surface area contributed by atoms with Crippen LogP contribution >= 0.6 is 0 Å². The van der Waals surface area contributed by atoms with Crippen LogP contribution in [0.15, 0.2) is 53.4 Å². The van der Waals surface area contributed by atoms with Crippen molar-refractivity contribution in [3.05, 3.63) is 54.3 Å². The molecule has 14 heavy (non-hydrogen) atoms. The van der Waals surface area contributed by atoms with Crippen LogP contribution in [0.1, 0.15) is 0 Å². The Hall–Kier alpha value is -1.41. The summed E-state index contributed by atoms with van der Waals surface area (Å²) < 4.78 is 12.6.